The van der Waals surface area contributed by atoms with E-state index in [1.165, 1.54) is 17.3 Å². The molecule has 0 bridgehead atoms. The second-order valence-corrected chi connectivity index (χ2v) is 7.08. The summed E-state index contributed by atoms with van der Waals surface area (Å²) in [4.78, 5) is 8.57. The van der Waals surface area contributed by atoms with Gasteiger partial charge in [-0.3, -0.25) is 0 Å². The number of hydrogen-bond donors (Lipinski definition) is 1. The summed E-state index contributed by atoms with van der Waals surface area (Å²) in [6.07, 6.45) is 1.76. The van der Waals surface area contributed by atoms with Gasteiger partial charge in [-0.05, 0) is 19.1 Å². The fourth-order valence-electron chi connectivity index (χ4n) is 1.95. The Morgan fingerprint density at radius 2 is 2.40 bits per heavy atom. The molecule has 1 aliphatic heterocycles. The van der Waals surface area contributed by atoms with Crippen LogP contribution < -0.4 is 5.32 Å². The van der Waals surface area contributed by atoms with Gasteiger partial charge in [-0.25, -0.2) is 4.98 Å². The number of aromatic nitrogens is 3. The molecule has 106 valence electrons. The molecule has 0 aromatic carbocycles. The van der Waals surface area contributed by atoms with Gasteiger partial charge >= 0.3 is 0 Å². The van der Waals surface area contributed by atoms with Gasteiger partial charge in [0.25, 0.3) is 5.89 Å². The Bertz CT molecular complexity index is 569. The summed E-state index contributed by atoms with van der Waals surface area (Å²) in [5.74, 6) is 5.75. The Labute approximate surface area is 126 Å². The first-order valence-corrected chi connectivity index (χ1v) is 8.71. The fourth-order valence-corrected chi connectivity index (χ4v) is 4.56. The lowest BCUT2D eigenvalue weighted by Crippen LogP contribution is -2.23. The van der Waals surface area contributed by atoms with Gasteiger partial charge in [0, 0.05) is 40.8 Å². The number of anilines is 1. The number of thioether (sulfide) groups is 2. The van der Waals surface area contributed by atoms with Crippen molar-refractivity contribution in [2.75, 3.05) is 29.1 Å². The lowest BCUT2D eigenvalue weighted by molar-refractivity contribution is 0.425. The van der Waals surface area contributed by atoms with E-state index in [2.05, 4.69) is 20.4 Å². The Morgan fingerprint density at radius 1 is 1.45 bits per heavy atom. The van der Waals surface area contributed by atoms with Crippen molar-refractivity contribution in [1.29, 1.82) is 0 Å². The van der Waals surface area contributed by atoms with Crippen LogP contribution in [0.2, 0.25) is 0 Å². The Morgan fingerprint density at radius 3 is 3.15 bits per heavy atom. The molecule has 0 saturated carbocycles. The largest absolute Gasteiger partial charge is 0.369 e. The molecule has 3 rings (SSSR count). The molecule has 1 saturated heterocycles. The minimum Gasteiger partial charge on any atom is -0.369 e. The van der Waals surface area contributed by atoms with E-state index in [1.54, 1.807) is 6.20 Å². The van der Waals surface area contributed by atoms with Crippen LogP contribution in [0, 0.1) is 6.92 Å². The van der Waals surface area contributed by atoms with E-state index in [4.69, 9.17) is 4.52 Å². The molecule has 20 heavy (non-hydrogen) atoms. The third-order valence-electron chi connectivity index (χ3n) is 2.93. The van der Waals surface area contributed by atoms with Crippen molar-refractivity contribution in [2.24, 2.45) is 0 Å². The smallest absolute Gasteiger partial charge is 0.258 e. The average molecular weight is 308 g/mol. The van der Waals surface area contributed by atoms with Gasteiger partial charge in [0.15, 0.2) is 5.82 Å². The van der Waals surface area contributed by atoms with Crippen molar-refractivity contribution in [3.05, 3.63) is 24.2 Å². The lowest BCUT2D eigenvalue weighted by atomic mass is 10.2. The molecule has 0 amide bonds. The second-order valence-electron chi connectivity index (χ2n) is 4.53. The zero-order valence-corrected chi connectivity index (χ0v) is 12.8. The summed E-state index contributed by atoms with van der Waals surface area (Å²) < 4.78 is 5.18. The Kier molecular flexibility index (Phi) is 4.47. The zero-order valence-electron chi connectivity index (χ0n) is 11.2. The van der Waals surface area contributed by atoms with Gasteiger partial charge in [-0.2, -0.15) is 28.5 Å². The van der Waals surface area contributed by atoms with E-state index in [9.17, 15) is 0 Å². The lowest BCUT2D eigenvalue weighted by Gasteiger charge is -2.21. The van der Waals surface area contributed by atoms with Gasteiger partial charge in [-0.1, -0.05) is 5.16 Å². The van der Waals surface area contributed by atoms with Gasteiger partial charge in [0.2, 0.25) is 0 Å². The summed E-state index contributed by atoms with van der Waals surface area (Å²) in [6, 6.07) is 3.83. The van der Waals surface area contributed by atoms with Crippen LogP contribution in [0.5, 0.6) is 0 Å². The SMILES string of the molecule is Cc1noc(-c2ccnc(NCC3CSCCS3)c2)n1. The minimum absolute atomic E-state index is 0.538. The summed E-state index contributed by atoms with van der Waals surface area (Å²) in [5.41, 5.74) is 0.897. The molecule has 1 atom stereocenters. The predicted molar refractivity (Wildman–Crippen MR) is 84.3 cm³/mol. The average Bonchev–Trinajstić information content (AvgIpc) is 2.93. The highest BCUT2D eigenvalue weighted by Gasteiger charge is 2.14. The maximum atomic E-state index is 5.18. The minimum atomic E-state index is 0.538. The molecule has 0 radical (unpaired) electrons. The Hall–Kier alpha value is -1.21. The summed E-state index contributed by atoms with van der Waals surface area (Å²) in [7, 11) is 0. The Balaban J connectivity index is 1.65. The highest BCUT2D eigenvalue weighted by Crippen LogP contribution is 2.24. The van der Waals surface area contributed by atoms with Crippen molar-refractivity contribution >= 4 is 29.3 Å². The van der Waals surface area contributed by atoms with Crippen LogP contribution in [0.1, 0.15) is 5.82 Å². The number of aryl methyl sites for hydroxylation is 1. The quantitative estimate of drug-likeness (QED) is 0.931. The number of rotatable bonds is 4. The van der Waals surface area contributed by atoms with Gasteiger partial charge in [0.1, 0.15) is 5.82 Å². The summed E-state index contributed by atoms with van der Waals surface area (Å²) in [5, 5.41) is 7.86. The van der Waals surface area contributed by atoms with E-state index in [0.29, 0.717) is 17.0 Å². The standard InChI is InChI=1S/C13H16N4OS2/c1-9-16-13(18-17-9)10-2-3-14-12(6-10)15-7-11-8-19-4-5-20-11/h2-3,6,11H,4-5,7-8H2,1H3,(H,14,15). The van der Waals surface area contributed by atoms with Crippen LogP contribution in [0.25, 0.3) is 11.5 Å². The number of pyridine rings is 1. The third-order valence-corrected chi connectivity index (χ3v) is 5.78. The van der Waals surface area contributed by atoms with Gasteiger partial charge in [-0.15, -0.1) is 0 Å². The number of nitrogens with zero attached hydrogens (tertiary/aromatic N) is 3. The molecule has 5 nitrogen and oxygen atoms in total. The predicted octanol–water partition coefficient (Wildman–Crippen LogP) is 2.70. The van der Waals surface area contributed by atoms with Crippen LogP contribution in [0.3, 0.4) is 0 Å². The van der Waals surface area contributed by atoms with E-state index in [1.807, 2.05) is 42.6 Å². The molecule has 1 fully saturated rings. The van der Waals surface area contributed by atoms with Crippen LogP contribution >= 0.6 is 23.5 Å². The monoisotopic (exact) mass is 308 g/mol. The van der Waals surface area contributed by atoms with E-state index in [-0.39, 0.29) is 0 Å². The first-order valence-electron chi connectivity index (χ1n) is 6.51. The highest BCUT2D eigenvalue weighted by atomic mass is 32.2. The van der Waals surface area contributed by atoms with Crippen molar-refractivity contribution in [2.45, 2.75) is 12.2 Å². The van der Waals surface area contributed by atoms with Gasteiger partial charge in [0.05, 0.1) is 0 Å². The maximum Gasteiger partial charge on any atom is 0.258 e. The molecule has 0 aliphatic carbocycles. The zero-order chi connectivity index (χ0) is 13.8. The third kappa shape index (κ3) is 3.46. The van der Waals surface area contributed by atoms with Crippen LogP contribution in [0.4, 0.5) is 5.82 Å². The topological polar surface area (TPSA) is 63.8 Å². The molecule has 2 aromatic rings. The molecule has 0 spiro atoms. The first kappa shape index (κ1) is 13.8. The molecule has 1 N–H and O–H groups in total. The molecule has 1 unspecified atom stereocenters. The fraction of sp³-hybridized carbons (Fsp3) is 0.462. The van der Waals surface area contributed by atoms with Crippen LogP contribution in [-0.2, 0) is 0 Å². The molecular formula is C13H16N4OS2. The second kappa shape index (κ2) is 6.49. The van der Waals surface area contributed by atoms with Gasteiger partial charge < -0.3 is 9.84 Å². The van der Waals surface area contributed by atoms with Crippen molar-refractivity contribution in [1.82, 2.24) is 15.1 Å². The number of nitrogens with one attached hydrogen (secondary N) is 1. The molecule has 3 heterocycles. The van der Waals surface area contributed by atoms with E-state index in [0.717, 1.165) is 17.9 Å². The normalized spacial score (nSPS) is 18.9. The van der Waals surface area contributed by atoms with Crippen LogP contribution in [0.15, 0.2) is 22.9 Å². The van der Waals surface area contributed by atoms with Crippen LogP contribution in [-0.4, -0.2) is 44.2 Å². The first-order chi connectivity index (χ1) is 9.81. The maximum absolute atomic E-state index is 5.18. The highest BCUT2D eigenvalue weighted by molar-refractivity contribution is 8.06. The molecule has 1 aliphatic rings. The molecular weight excluding hydrogens is 292 g/mol. The van der Waals surface area contributed by atoms with Crippen molar-refractivity contribution in [3.63, 3.8) is 0 Å². The van der Waals surface area contributed by atoms with E-state index < -0.39 is 0 Å². The van der Waals surface area contributed by atoms with Crippen molar-refractivity contribution < 1.29 is 4.52 Å². The summed E-state index contributed by atoms with van der Waals surface area (Å²) in [6.45, 7) is 2.75. The van der Waals surface area contributed by atoms with E-state index >= 15 is 0 Å². The molecule has 2 aromatic heterocycles. The number of hydrogen-bond acceptors (Lipinski definition) is 7. The summed E-state index contributed by atoms with van der Waals surface area (Å²) >= 11 is 4.06. The molecule has 7 heteroatoms. The van der Waals surface area contributed by atoms with Crippen molar-refractivity contribution in [3.8, 4) is 11.5 Å².